The van der Waals surface area contributed by atoms with Gasteiger partial charge in [-0.1, -0.05) is 18.2 Å². The molecule has 102 valence electrons. The molecule has 2 aromatic rings. The molecule has 0 aliphatic carbocycles. The van der Waals surface area contributed by atoms with E-state index in [1.807, 2.05) is 44.2 Å². The first kappa shape index (κ1) is 14.0. The number of ether oxygens (including phenoxy) is 1. The molecular weight excluding hydrogens is 238 g/mol. The lowest BCUT2D eigenvalue weighted by molar-refractivity contribution is 0.00291. The number of aliphatic hydroxyl groups excluding tert-OH is 1. The highest BCUT2D eigenvalue weighted by molar-refractivity contribution is 5.82. The molecule has 0 saturated heterocycles. The number of pyridine rings is 1. The average Bonchev–Trinajstić information content (AvgIpc) is 2.44. The third kappa shape index (κ3) is 3.31. The number of nitrogens with zero attached hydrogens (tertiary/aromatic N) is 1. The summed E-state index contributed by atoms with van der Waals surface area (Å²) in [5.41, 5.74) is 1.66. The molecular formula is C16H21NO2. The van der Waals surface area contributed by atoms with E-state index in [4.69, 9.17) is 4.74 Å². The molecule has 19 heavy (non-hydrogen) atoms. The average molecular weight is 259 g/mol. The lowest BCUT2D eigenvalue weighted by Gasteiger charge is -2.24. The highest BCUT2D eigenvalue weighted by atomic mass is 16.5. The lowest BCUT2D eigenvalue weighted by atomic mass is 9.95. The van der Waals surface area contributed by atoms with Crippen molar-refractivity contribution in [3.8, 4) is 0 Å². The van der Waals surface area contributed by atoms with Crippen LogP contribution in [0.15, 0.2) is 36.5 Å². The molecule has 3 heteroatoms. The number of benzene rings is 1. The van der Waals surface area contributed by atoms with Crippen LogP contribution >= 0.6 is 0 Å². The predicted molar refractivity (Wildman–Crippen MR) is 77.0 cm³/mol. The zero-order chi connectivity index (χ0) is 13.9. The van der Waals surface area contributed by atoms with Gasteiger partial charge in [0.25, 0.3) is 0 Å². The van der Waals surface area contributed by atoms with Crippen molar-refractivity contribution < 1.29 is 9.84 Å². The first-order valence-electron chi connectivity index (χ1n) is 6.60. The molecule has 1 N–H and O–H groups in total. The maximum Gasteiger partial charge on any atom is 0.0798 e. The van der Waals surface area contributed by atoms with Gasteiger partial charge in [0.15, 0.2) is 0 Å². The molecule has 1 atom stereocenters. The second kappa shape index (κ2) is 5.68. The zero-order valence-corrected chi connectivity index (χ0v) is 11.8. The Labute approximate surface area is 114 Å². The fraction of sp³-hybridized carbons (Fsp3) is 0.438. The van der Waals surface area contributed by atoms with Crippen LogP contribution in [0.2, 0.25) is 0 Å². The van der Waals surface area contributed by atoms with Crippen LogP contribution < -0.4 is 0 Å². The predicted octanol–water partition coefficient (Wildman–Crippen LogP) is 3.47. The summed E-state index contributed by atoms with van der Waals surface area (Å²) in [6.07, 6.45) is 2.75. The monoisotopic (exact) mass is 259 g/mol. The van der Waals surface area contributed by atoms with Gasteiger partial charge in [-0.05, 0) is 44.4 Å². The van der Waals surface area contributed by atoms with Crippen LogP contribution in [-0.2, 0) is 4.74 Å². The Bertz CT molecular complexity index is 546. The van der Waals surface area contributed by atoms with Crippen molar-refractivity contribution in [3.63, 3.8) is 0 Å². The highest BCUT2D eigenvalue weighted by Gasteiger charge is 2.20. The summed E-state index contributed by atoms with van der Waals surface area (Å²) in [7, 11) is 1.70. The maximum absolute atomic E-state index is 10.4. The number of aromatic nitrogens is 1. The van der Waals surface area contributed by atoms with Crippen LogP contribution in [-0.4, -0.2) is 22.8 Å². The standard InChI is InChI=1S/C16H21NO2/c1-16(2,19-3)10-8-15(18)13-9-11-17-14-7-5-4-6-12(13)14/h4-7,9,11,15,18H,8,10H2,1-3H3. The molecule has 0 amide bonds. The number of aliphatic hydroxyl groups is 1. The van der Waals surface area contributed by atoms with Gasteiger partial charge in [0, 0.05) is 18.7 Å². The number of hydrogen-bond donors (Lipinski definition) is 1. The summed E-state index contributed by atoms with van der Waals surface area (Å²) in [6, 6.07) is 9.79. The van der Waals surface area contributed by atoms with Crippen LogP contribution in [0, 0.1) is 0 Å². The minimum atomic E-state index is -0.484. The fourth-order valence-electron chi connectivity index (χ4n) is 2.15. The Balaban J connectivity index is 2.20. The van der Waals surface area contributed by atoms with Crippen LogP contribution in [0.5, 0.6) is 0 Å². The van der Waals surface area contributed by atoms with Gasteiger partial charge in [-0.15, -0.1) is 0 Å². The summed E-state index contributed by atoms with van der Waals surface area (Å²) in [5.74, 6) is 0. The van der Waals surface area contributed by atoms with Crippen LogP contribution in [0.25, 0.3) is 10.9 Å². The van der Waals surface area contributed by atoms with E-state index in [9.17, 15) is 5.11 Å². The van der Waals surface area contributed by atoms with Gasteiger partial charge in [-0.2, -0.15) is 0 Å². The molecule has 0 aliphatic rings. The van der Waals surface area contributed by atoms with Crippen molar-refractivity contribution in [1.29, 1.82) is 0 Å². The van der Waals surface area contributed by atoms with E-state index >= 15 is 0 Å². The molecule has 2 rings (SSSR count). The van der Waals surface area contributed by atoms with Crippen molar-refractivity contribution >= 4 is 10.9 Å². The van der Waals surface area contributed by atoms with Crippen molar-refractivity contribution in [1.82, 2.24) is 4.98 Å². The molecule has 0 aliphatic heterocycles. The molecule has 0 saturated carbocycles. The number of hydrogen-bond acceptors (Lipinski definition) is 3. The molecule has 1 aromatic carbocycles. The summed E-state index contributed by atoms with van der Waals surface area (Å²) in [6.45, 7) is 4.06. The normalized spacial score (nSPS) is 13.7. The highest BCUT2D eigenvalue weighted by Crippen LogP contribution is 2.28. The molecule has 1 aromatic heterocycles. The third-order valence-corrected chi connectivity index (χ3v) is 3.61. The first-order chi connectivity index (χ1) is 9.03. The number of rotatable bonds is 5. The molecule has 1 unspecified atom stereocenters. The van der Waals surface area contributed by atoms with Crippen molar-refractivity contribution in [2.45, 2.75) is 38.4 Å². The quantitative estimate of drug-likeness (QED) is 0.894. The number of methoxy groups -OCH3 is 1. The zero-order valence-electron chi connectivity index (χ0n) is 11.8. The molecule has 0 bridgehead atoms. The van der Waals surface area contributed by atoms with Gasteiger partial charge in [-0.3, -0.25) is 4.98 Å². The lowest BCUT2D eigenvalue weighted by Crippen LogP contribution is -2.23. The van der Waals surface area contributed by atoms with E-state index in [0.29, 0.717) is 6.42 Å². The molecule has 3 nitrogen and oxygen atoms in total. The van der Waals surface area contributed by atoms with Gasteiger partial charge in [0.05, 0.1) is 17.2 Å². The van der Waals surface area contributed by atoms with Crippen molar-refractivity contribution in [2.24, 2.45) is 0 Å². The van der Waals surface area contributed by atoms with E-state index in [1.54, 1.807) is 13.3 Å². The minimum absolute atomic E-state index is 0.205. The smallest absolute Gasteiger partial charge is 0.0798 e. The second-order valence-electron chi connectivity index (χ2n) is 5.44. The molecule has 0 radical (unpaired) electrons. The summed E-state index contributed by atoms with van der Waals surface area (Å²) < 4.78 is 5.39. The van der Waals surface area contributed by atoms with Gasteiger partial charge in [0.1, 0.15) is 0 Å². The summed E-state index contributed by atoms with van der Waals surface area (Å²) >= 11 is 0. The fourth-order valence-corrected chi connectivity index (χ4v) is 2.15. The SMILES string of the molecule is COC(C)(C)CCC(O)c1ccnc2ccccc12. The Hall–Kier alpha value is -1.45. The van der Waals surface area contributed by atoms with Gasteiger partial charge in [0.2, 0.25) is 0 Å². The van der Waals surface area contributed by atoms with Gasteiger partial charge >= 0.3 is 0 Å². The first-order valence-corrected chi connectivity index (χ1v) is 6.60. The van der Waals surface area contributed by atoms with E-state index < -0.39 is 6.10 Å². The molecule has 0 fully saturated rings. The Morgan fingerprint density at radius 2 is 2.00 bits per heavy atom. The van der Waals surface area contributed by atoms with Gasteiger partial charge < -0.3 is 9.84 Å². The van der Waals surface area contributed by atoms with Gasteiger partial charge in [-0.25, -0.2) is 0 Å². The maximum atomic E-state index is 10.4. The third-order valence-electron chi connectivity index (χ3n) is 3.61. The van der Waals surface area contributed by atoms with E-state index in [1.165, 1.54) is 0 Å². The van der Waals surface area contributed by atoms with Crippen LogP contribution in [0.4, 0.5) is 0 Å². The van der Waals surface area contributed by atoms with E-state index in [-0.39, 0.29) is 5.60 Å². The molecule has 0 spiro atoms. The van der Waals surface area contributed by atoms with E-state index in [0.717, 1.165) is 22.9 Å². The van der Waals surface area contributed by atoms with E-state index in [2.05, 4.69) is 4.98 Å². The summed E-state index contributed by atoms with van der Waals surface area (Å²) in [4.78, 5) is 4.31. The molecule has 1 heterocycles. The topological polar surface area (TPSA) is 42.4 Å². The van der Waals surface area contributed by atoms with Crippen LogP contribution in [0.3, 0.4) is 0 Å². The van der Waals surface area contributed by atoms with Crippen molar-refractivity contribution in [2.75, 3.05) is 7.11 Å². The summed E-state index contributed by atoms with van der Waals surface area (Å²) in [5, 5.41) is 11.4. The number of para-hydroxylation sites is 1. The largest absolute Gasteiger partial charge is 0.388 e. The Morgan fingerprint density at radius 3 is 2.74 bits per heavy atom. The second-order valence-corrected chi connectivity index (χ2v) is 5.44. The van der Waals surface area contributed by atoms with Crippen molar-refractivity contribution in [3.05, 3.63) is 42.1 Å². The Morgan fingerprint density at radius 1 is 1.26 bits per heavy atom. The Kier molecular flexibility index (Phi) is 4.17. The number of fused-ring (bicyclic) bond motifs is 1. The van der Waals surface area contributed by atoms with Crippen LogP contribution in [0.1, 0.15) is 38.4 Å². The minimum Gasteiger partial charge on any atom is -0.388 e.